The second-order valence-electron chi connectivity index (χ2n) is 5.88. The van der Waals surface area contributed by atoms with Crippen LogP contribution in [0.25, 0.3) is 0 Å². The van der Waals surface area contributed by atoms with E-state index in [0.29, 0.717) is 29.9 Å². The molecule has 2 heterocycles. The van der Waals surface area contributed by atoms with Gasteiger partial charge in [0.15, 0.2) is 5.82 Å². The highest BCUT2D eigenvalue weighted by Crippen LogP contribution is 2.24. The van der Waals surface area contributed by atoms with E-state index >= 15 is 0 Å². The molecule has 0 saturated carbocycles. The van der Waals surface area contributed by atoms with Crippen molar-refractivity contribution < 1.29 is 9.47 Å². The molecule has 7 heteroatoms. The highest BCUT2D eigenvalue weighted by atomic mass is 16.5. The molecule has 0 unspecified atom stereocenters. The monoisotopic (exact) mass is 309 g/mol. The lowest BCUT2D eigenvalue weighted by Crippen LogP contribution is -2.37. The Hall–Kier alpha value is -1.60. The molecule has 0 bridgehead atoms. The van der Waals surface area contributed by atoms with E-state index in [9.17, 15) is 0 Å². The average molecular weight is 309 g/mol. The zero-order valence-corrected chi connectivity index (χ0v) is 13.5. The third-order valence-electron chi connectivity index (χ3n) is 3.45. The Labute approximate surface area is 132 Å². The third-order valence-corrected chi connectivity index (χ3v) is 3.45. The van der Waals surface area contributed by atoms with Crippen molar-refractivity contribution in [1.29, 1.82) is 0 Å². The van der Waals surface area contributed by atoms with Gasteiger partial charge in [-0.15, -0.1) is 0 Å². The van der Waals surface area contributed by atoms with Crippen LogP contribution >= 0.6 is 0 Å². The SMILES string of the molecule is CC(C)COc1ncnc(NCCCN2CCOCC2)c1N. The Morgan fingerprint density at radius 2 is 2.14 bits per heavy atom. The van der Waals surface area contributed by atoms with Crippen LogP contribution in [-0.4, -0.2) is 60.9 Å². The van der Waals surface area contributed by atoms with Crippen molar-refractivity contribution in [3.8, 4) is 5.88 Å². The van der Waals surface area contributed by atoms with Gasteiger partial charge in [-0.05, 0) is 18.9 Å². The predicted molar refractivity (Wildman–Crippen MR) is 87.1 cm³/mol. The molecule has 0 radical (unpaired) electrons. The molecule has 0 aromatic carbocycles. The lowest BCUT2D eigenvalue weighted by atomic mass is 10.2. The molecule has 0 spiro atoms. The quantitative estimate of drug-likeness (QED) is 0.698. The summed E-state index contributed by atoms with van der Waals surface area (Å²) < 4.78 is 10.9. The van der Waals surface area contributed by atoms with Crippen LogP contribution in [-0.2, 0) is 4.74 Å². The minimum atomic E-state index is 0.430. The number of ether oxygens (including phenoxy) is 2. The number of hydrogen-bond acceptors (Lipinski definition) is 7. The van der Waals surface area contributed by atoms with Gasteiger partial charge in [0, 0.05) is 19.6 Å². The van der Waals surface area contributed by atoms with Crippen molar-refractivity contribution in [3.63, 3.8) is 0 Å². The number of nitrogens with zero attached hydrogens (tertiary/aromatic N) is 3. The minimum Gasteiger partial charge on any atom is -0.476 e. The minimum absolute atomic E-state index is 0.430. The van der Waals surface area contributed by atoms with E-state index in [-0.39, 0.29) is 0 Å². The maximum absolute atomic E-state index is 6.06. The first-order valence-electron chi connectivity index (χ1n) is 7.94. The Morgan fingerprint density at radius 3 is 2.86 bits per heavy atom. The van der Waals surface area contributed by atoms with E-state index < -0.39 is 0 Å². The molecular weight excluding hydrogens is 282 g/mol. The van der Waals surface area contributed by atoms with Crippen molar-refractivity contribution in [2.75, 3.05) is 57.1 Å². The van der Waals surface area contributed by atoms with Gasteiger partial charge in [-0.1, -0.05) is 13.8 Å². The molecular formula is C15H27N5O2. The van der Waals surface area contributed by atoms with E-state index in [0.717, 1.165) is 45.8 Å². The van der Waals surface area contributed by atoms with Gasteiger partial charge in [0.05, 0.1) is 19.8 Å². The van der Waals surface area contributed by atoms with Crippen molar-refractivity contribution in [2.24, 2.45) is 5.92 Å². The summed E-state index contributed by atoms with van der Waals surface area (Å²) in [7, 11) is 0. The molecule has 1 aliphatic rings. The van der Waals surface area contributed by atoms with Gasteiger partial charge in [0.25, 0.3) is 0 Å². The Morgan fingerprint density at radius 1 is 1.36 bits per heavy atom. The number of rotatable bonds is 8. The molecule has 22 heavy (non-hydrogen) atoms. The normalized spacial score (nSPS) is 16.0. The topological polar surface area (TPSA) is 85.5 Å². The number of nitrogen functional groups attached to an aromatic ring is 1. The van der Waals surface area contributed by atoms with Crippen LogP contribution in [0, 0.1) is 5.92 Å². The van der Waals surface area contributed by atoms with Crippen LogP contribution in [0.3, 0.4) is 0 Å². The second kappa shape index (κ2) is 8.75. The molecule has 1 saturated heterocycles. The van der Waals surface area contributed by atoms with Gasteiger partial charge in [0.1, 0.15) is 12.0 Å². The van der Waals surface area contributed by atoms with Crippen LogP contribution in [0.1, 0.15) is 20.3 Å². The number of anilines is 2. The highest BCUT2D eigenvalue weighted by Gasteiger charge is 2.11. The molecule has 7 nitrogen and oxygen atoms in total. The lowest BCUT2D eigenvalue weighted by Gasteiger charge is -2.26. The molecule has 1 fully saturated rings. The number of morpholine rings is 1. The van der Waals surface area contributed by atoms with Crippen LogP contribution < -0.4 is 15.8 Å². The van der Waals surface area contributed by atoms with Gasteiger partial charge < -0.3 is 20.5 Å². The predicted octanol–water partition coefficient (Wildman–Crippen LogP) is 1.23. The summed E-state index contributed by atoms with van der Waals surface area (Å²) >= 11 is 0. The lowest BCUT2D eigenvalue weighted by molar-refractivity contribution is 0.0378. The third kappa shape index (κ3) is 5.31. The number of nitrogens with one attached hydrogen (secondary N) is 1. The summed E-state index contributed by atoms with van der Waals surface area (Å²) in [6.07, 6.45) is 2.52. The standard InChI is InChI=1S/C15H27N5O2/c1-12(2)10-22-15-13(16)14(18-11-19-15)17-4-3-5-20-6-8-21-9-7-20/h11-12H,3-10,16H2,1-2H3,(H,17,18,19). The average Bonchev–Trinajstić information content (AvgIpc) is 2.52. The second-order valence-corrected chi connectivity index (χ2v) is 5.88. The summed E-state index contributed by atoms with van der Waals surface area (Å²) in [5.74, 6) is 1.54. The maximum atomic E-state index is 6.06. The molecule has 3 N–H and O–H groups in total. The Balaban J connectivity index is 1.75. The molecule has 1 aromatic rings. The molecule has 124 valence electrons. The largest absolute Gasteiger partial charge is 0.476 e. The first kappa shape index (κ1) is 16.8. The van der Waals surface area contributed by atoms with Crippen LogP contribution in [0.2, 0.25) is 0 Å². The fraction of sp³-hybridized carbons (Fsp3) is 0.733. The molecule has 1 aliphatic heterocycles. The van der Waals surface area contributed by atoms with Gasteiger partial charge in [-0.3, -0.25) is 4.90 Å². The van der Waals surface area contributed by atoms with E-state index in [1.165, 1.54) is 6.33 Å². The summed E-state index contributed by atoms with van der Waals surface area (Å²) in [4.78, 5) is 10.7. The van der Waals surface area contributed by atoms with Crippen LogP contribution in [0.15, 0.2) is 6.33 Å². The first-order chi connectivity index (χ1) is 10.7. The molecule has 0 aliphatic carbocycles. The van der Waals surface area contributed by atoms with Gasteiger partial charge in [-0.2, -0.15) is 4.98 Å². The van der Waals surface area contributed by atoms with Crippen molar-refractivity contribution in [2.45, 2.75) is 20.3 Å². The smallest absolute Gasteiger partial charge is 0.242 e. The summed E-state index contributed by atoms with van der Waals surface area (Å²) in [6, 6.07) is 0. The fourth-order valence-electron chi connectivity index (χ4n) is 2.22. The highest BCUT2D eigenvalue weighted by molar-refractivity contribution is 5.66. The number of hydrogen-bond donors (Lipinski definition) is 2. The fourth-order valence-corrected chi connectivity index (χ4v) is 2.22. The van der Waals surface area contributed by atoms with E-state index in [1.54, 1.807) is 0 Å². The zero-order chi connectivity index (χ0) is 15.8. The van der Waals surface area contributed by atoms with Crippen molar-refractivity contribution in [1.82, 2.24) is 14.9 Å². The first-order valence-corrected chi connectivity index (χ1v) is 7.94. The van der Waals surface area contributed by atoms with E-state index in [2.05, 4.69) is 34.0 Å². The van der Waals surface area contributed by atoms with Crippen molar-refractivity contribution in [3.05, 3.63) is 6.33 Å². The van der Waals surface area contributed by atoms with Crippen LogP contribution in [0.4, 0.5) is 11.5 Å². The zero-order valence-electron chi connectivity index (χ0n) is 13.5. The Kier molecular flexibility index (Phi) is 6.67. The number of aromatic nitrogens is 2. The van der Waals surface area contributed by atoms with Gasteiger partial charge in [-0.25, -0.2) is 4.98 Å². The summed E-state index contributed by atoms with van der Waals surface area (Å²) in [5.41, 5.74) is 6.54. The summed E-state index contributed by atoms with van der Waals surface area (Å²) in [5, 5.41) is 3.27. The molecule has 2 rings (SSSR count). The molecule has 1 aromatic heterocycles. The number of nitrogens with two attached hydrogens (primary N) is 1. The van der Waals surface area contributed by atoms with Gasteiger partial charge in [0.2, 0.25) is 5.88 Å². The van der Waals surface area contributed by atoms with Gasteiger partial charge >= 0.3 is 0 Å². The summed E-state index contributed by atoms with van der Waals surface area (Å²) in [6.45, 7) is 10.3. The Bertz CT molecular complexity index is 450. The van der Waals surface area contributed by atoms with Crippen molar-refractivity contribution >= 4 is 11.5 Å². The molecule has 0 amide bonds. The molecule has 0 atom stereocenters. The van der Waals surface area contributed by atoms with E-state index in [1.807, 2.05) is 0 Å². The maximum Gasteiger partial charge on any atom is 0.242 e. The van der Waals surface area contributed by atoms with Crippen LogP contribution in [0.5, 0.6) is 5.88 Å². The van der Waals surface area contributed by atoms with E-state index in [4.69, 9.17) is 15.2 Å².